The van der Waals surface area contributed by atoms with Crippen molar-refractivity contribution in [1.29, 1.82) is 0 Å². The van der Waals surface area contributed by atoms with Crippen LogP contribution in [-0.4, -0.2) is 24.4 Å². The van der Waals surface area contributed by atoms with Gasteiger partial charge < -0.3 is 15.4 Å². The van der Waals surface area contributed by atoms with Gasteiger partial charge in [-0.1, -0.05) is 17.7 Å². The second kappa shape index (κ2) is 9.31. The van der Waals surface area contributed by atoms with Crippen molar-refractivity contribution in [3.8, 4) is 0 Å². The van der Waals surface area contributed by atoms with Crippen LogP contribution in [0.5, 0.6) is 0 Å². The number of nitrogens with one attached hydrogen (secondary N) is 2. The normalized spacial score (nSPS) is 10.3. The quantitative estimate of drug-likeness (QED) is 0.558. The molecule has 148 valence electrons. The minimum atomic E-state index is -0.729. The summed E-state index contributed by atoms with van der Waals surface area (Å²) in [5.74, 6) is -2.37. The van der Waals surface area contributed by atoms with Crippen LogP contribution in [0.3, 0.4) is 0 Å². The van der Waals surface area contributed by atoms with Crippen LogP contribution in [0.25, 0.3) is 0 Å². The Labute approximate surface area is 174 Å². The third-order valence-electron chi connectivity index (χ3n) is 3.66. The Bertz CT molecular complexity index is 1040. The molecule has 0 aliphatic rings. The summed E-state index contributed by atoms with van der Waals surface area (Å²) < 4.78 is 18.6. The van der Waals surface area contributed by atoms with Gasteiger partial charge >= 0.3 is 5.97 Å². The van der Waals surface area contributed by atoms with E-state index in [-0.39, 0.29) is 22.2 Å². The van der Waals surface area contributed by atoms with Crippen molar-refractivity contribution in [2.75, 3.05) is 17.2 Å². The van der Waals surface area contributed by atoms with Gasteiger partial charge in [0.2, 0.25) is 0 Å². The van der Waals surface area contributed by atoms with E-state index in [0.29, 0.717) is 10.6 Å². The third kappa shape index (κ3) is 5.63. The summed E-state index contributed by atoms with van der Waals surface area (Å²) in [6.45, 7) is -0.586. The molecule has 0 unspecified atom stereocenters. The largest absolute Gasteiger partial charge is 0.452 e. The maximum absolute atomic E-state index is 13.7. The Morgan fingerprint density at radius 1 is 1.03 bits per heavy atom. The molecular formula is C20H14ClFN2O4S. The lowest BCUT2D eigenvalue weighted by molar-refractivity contribution is -0.119. The second-order valence-electron chi connectivity index (χ2n) is 5.76. The molecule has 0 bridgehead atoms. The summed E-state index contributed by atoms with van der Waals surface area (Å²) >= 11 is 6.96. The molecule has 0 aliphatic carbocycles. The highest BCUT2D eigenvalue weighted by atomic mass is 35.5. The summed E-state index contributed by atoms with van der Waals surface area (Å²) in [6.07, 6.45) is 0. The fourth-order valence-corrected chi connectivity index (χ4v) is 3.06. The molecule has 0 spiro atoms. The molecule has 0 radical (unpaired) electrons. The molecule has 2 amide bonds. The fourth-order valence-electron chi connectivity index (χ4n) is 2.28. The van der Waals surface area contributed by atoms with Crippen LogP contribution in [0.2, 0.25) is 5.02 Å². The first-order valence-corrected chi connectivity index (χ1v) is 9.55. The minimum absolute atomic E-state index is 0.0683. The zero-order valence-electron chi connectivity index (χ0n) is 14.8. The fraction of sp³-hybridized carbons (Fsp3) is 0.0500. The molecule has 2 N–H and O–H groups in total. The highest BCUT2D eigenvalue weighted by Gasteiger charge is 2.13. The topological polar surface area (TPSA) is 84.5 Å². The average molecular weight is 433 g/mol. The lowest BCUT2D eigenvalue weighted by atomic mass is 10.2. The van der Waals surface area contributed by atoms with E-state index in [1.54, 1.807) is 29.6 Å². The van der Waals surface area contributed by atoms with Gasteiger partial charge in [0.25, 0.3) is 11.8 Å². The second-order valence-corrected chi connectivity index (χ2v) is 7.14. The van der Waals surface area contributed by atoms with Gasteiger partial charge in [-0.2, -0.15) is 0 Å². The smallest absolute Gasteiger partial charge is 0.338 e. The molecule has 3 rings (SSSR count). The average Bonchev–Trinajstić information content (AvgIpc) is 3.24. The molecule has 1 heterocycles. The molecule has 0 saturated heterocycles. The maximum atomic E-state index is 13.7. The predicted octanol–water partition coefficient (Wildman–Crippen LogP) is 4.59. The zero-order valence-corrected chi connectivity index (χ0v) is 16.4. The Hall–Kier alpha value is -3.23. The maximum Gasteiger partial charge on any atom is 0.338 e. The molecule has 0 atom stereocenters. The number of amides is 2. The Kier molecular flexibility index (Phi) is 6.58. The number of esters is 1. The van der Waals surface area contributed by atoms with E-state index in [1.165, 1.54) is 35.6 Å². The first kappa shape index (κ1) is 20.5. The van der Waals surface area contributed by atoms with E-state index in [2.05, 4.69) is 10.6 Å². The summed E-state index contributed by atoms with van der Waals surface area (Å²) in [6, 6.07) is 13.3. The van der Waals surface area contributed by atoms with E-state index in [9.17, 15) is 18.8 Å². The van der Waals surface area contributed by atoms with Gasteiger partial charge in [-0.25, -0.2) is 9.18 Å². The number of halogens is 2. The third-order valence-corrected chi connectivity index (χ3v) is 4.77. The van der Waals surface area contributed by atoms with Gasteiger partial charge in [-0.15, -0.1) is 11.3 Å². The zero-order chi connectivity index (χ0) is 20.8. The number of carbonyl (C=O) groups is 3. The highest BCUT2D eigenvalue weighted by molar-refractivity contribution is 7.12. The van der Waals surface area contributed by atoms with Crippen molar-refractivity contribution >= 4 is 52.1 Å². The molecule has 3 aromatic rings. The number of hydrogen-bond donors (Lipinski definition) is 2. The highest BCUT2D eigenvalue weighted by Crippen LogP contribution is 2.19. The lowest BCUT2D eigenvalue weighted by Crippen LogP contribution is -2.21. The van der Waals surface area contributed by atoms with Gasteiger partial charge in [-0.05, 0) is 53.9 Å². The molecule has 0 aliphatic heterocycles. The van der Waals surface area contributed by atoms with Crippen LogP contribution in [0.15, 0.2) is 60.0 Å². The predicted molar refractivity (Wildman–Crippen MR) is 109 cm³/mol. The van der Waals surface area contributed by atoms with Gasteiger partial charge in [0.15, 0.2) is 6.61 Å². The summed E-state index contributed by atoms with van der Waals surface area (Å²) in [5, 5.41) is 6.99. The van der Waals surface area contributed by atoms with Gasteiger partial charge in [0.1, 0.15) is 5.82 Å². The molecule has 0 fully saturated rings. The minimum Gasteiger partial charge on any atom is -0.452 e. The molecular weight excluding hydrogens is 419 g/mol. The number of ether oxygens (including phenoxy) is 1. The first-order valence-electron chi connectivity index (χ1n) is 8.29. The monoisotopic (exact) mass is 432 g/mol. The number of anilines is 2. The molecule has 2 aromatic carbocycles. The number of benzene rings is 2. The van der Waals surface area contributed by atoms with Crippen LogP contribution in [0, 0.1) is 5.82 Å². The molecule has 6 nitrogen and oxygen atoms in total. The van der Waals surface area contributed by atoms with Crippen molar-refractivity contribution in [2.24, 2.45) is 0 Å². The van der Waals surface area contributed by atoms with E-state index >= 15 is 0 Å². The Balaban J connectivity index is 1.51. The van der Waals surface area contributed by atoms with Gasteiger partial charge in [0, 0.05) is 10.7 Å². The van der Waals surface area contributed by atoms with Crippen LogP contribution in [0.4, 0.5) is 15.8 Å². The van der Waals surface area contributed by atoms with Gasteiger partial charge in [-0.3, -0.25) is 9.59 Å². The molecule has 29 heavy (non-hydrogen) atoms. The van der Waals surface area contributed by atoms with Crippen molar-refractivity contribution in [3.63, 3.8) is 0 Å². The van der Waals surface area contributed by atoms with Crippen LogP contribution < -0.4 is 10.6 Å². The van der Waals surface area contributed by atoms with Crippen molar-refractivity contribution in [3.05, 3.63) is 81.3 Å². The van der Waals surface area contributed by atoms with E-state index in [0.717, 1.165) is 6.07 Å². The van der Waals surface area contributed by atoms with Crippen LogP contribution in [0.1, 0.15) is 20.0 Å². The lowest BCUT2D eigenvalue weighted by Gasteiger charge is -2.08. The first-order chi connectivity index (χ1) is 13.9. The van der Waals surface area contributed by atoms with Crippen molar-refractivity contribution in [1.82, 2.24) is 0 Å². The van der Waals surface area contributed by atoms with E-state index in [1.807, 2.05) is 0 Å². The number of thiophene rings is 1. The Morgan fingerprint density at radius 3 is 2.45 bits per heavy atom. The number of hydrogen-bond acceptors (Lipinski definition) is 5. The molecule has 1 aromatic heterocycles. The van der Waals surface area contributed by atoms with Crippen molar-refractivity contribution in [2.45, 2.75) is 0 Å². The summed E-state index contributed by atoms with van der Waals surface area (Å²) in [4.78, 5) is 36.5. The van der Waals surface area contributed by atoms with Crippen LogP contribution >= 0.6 is 22.9 Å². The van der Waals surface area contributed by atoms with E-state index < -0.39 is 24.3 Å². The van der Waals surface area contributed by atoms with Crippen molar-refractivity contribution < 1.29 is 23.5 Å². The summed E-state index contributed by atoms with van der Waals surface area (Å²) in [7, 11) is 0. The molecule has 0 saturated carbocycles. The number of rotatable bonds is 6. The Morgan fingerprint density at radius 2 is 1.79 bits per heavy atom. The van der Waals surface area contributed by atoms with Crippen LogP contribution in [-0.2, 0) is 9.53 Å². The van der Waals surface area contributed by atoms with Gasteiger partial charge in [0.05, 0.1) is 16.1 Å². The standard InChI is InChI=1S/C20H14ClFN2O4S/c21-13-5-8-16(15(22)10-13)24-18(25)11-28-20(27)12-3-6-14(7-4-12)23-19(26)17-2-1-9-29-17/h1-10H,11H2,(H,23,26)(H,24,25). The SMILES string of the molecule is O=C(COC(=O)c1ccc(NC(=O)c2cccs2)cc1)Nc1ccc(Cl)cc1F. The summed E-state index contributed by atoms with van der Waals surface area (Å²) in [5.41, 5.74) is 0.641. The number of carbonyl (C=O) groups excluding carboxylic acids is 3. The molecule has 9 heteroatoms. The van der Waals surface area contributed by atoms with E-state index in [4.69, 9.17) is 16.3 Å².